The first-order valence-electron chi connectivity index (χ1n) is 6.16. The number of halogens is 2. The van der Waals surface area contributed by atoms with Crippen LogP contribution in [0.4, 0.5) is 10.1 Å². The molecule has 4 nitrogen and oxygen atoms in total. The summed E-state index contributed by atoms with van der Waals surface area (Å²) < 4.78 is 14.7. The van der Waals surface area contributed by atoms with Gasteiger partial charge in [-0.05, 0) is 31.2 Å². The topological polar surface area (TPSA) is 38.1 Å². The molecule has 0 saturated carbocycles. The fourth-order valence-corrected chi connectivity index (χ4v) is 1.99. The van der Waals surface area contributed by atoms with Gasteiger partial charge < -0.3 is 4.90 Å². The molecule has 2 rings (SSSR count). The molecule has 1 aromatic heterocycles. The Bertz CT molecular complexity index is 595. The number of carbonyl (C=O) groups is 1. The molecular weight excluding hydrogens is 281 g/mol. The van der Waals surface area contributed by atoms with Gasteiger partial charge in [-0.25, -0.2) is 4.39 Å². The Hall–Kier alpha value is -1.88. The van der Waals surface area contributed by atoms with Gasteiger partial charge in [0.25, 0.3) is 0 Å². The third kappa shape index (κ3) is 3.36. The van der Waals surface area contributed by atoms with Crippen molar-refractivity contribution in [2.45, 2.75) is 18.8 Å². The van der Waals surface area contributed by atoms with Crippen LogP contribution < -0.4 is 4.90 Å². The van der Waals surface area contributed by atoms with E-state index in [1.165, 1.54) is 17.0 Å². The molecule has 1 unspecified atom stereocenters. The maximum atomic E-state index is 13.0. The lowest BCUT2D eigenvalue weighted by Gasteiger charge is -2.23. The van der Waals surface area contributed by atoms with E-state index in [1.54, 1.807) is 37.0 Å². The average molecular weight is 296 g/mol. The zero-order valence-electron chi connectivity index (χ0n) is 11.3. The second-order valence-electron chi connectivity index (χ2n) is 4.54. The van der Waals surface area contributed by atoms with Crippen molar-refractivity contribution in [3.63, 3.8) is 0 Å². The SMILES string of the molecule is CC(Cl)C(=O)N(Cc1cnn(C)c1)c1ccc(F)cc1. The van der Waals surface area contributed by atoms with Crippen LogP contribution in [0, 0.1) is 5.82 Å². The van der Waals surface area contributed by atoms with E-state index >= 15 is 0 Å². The molecule has 0 spiro atoms. The van der Waals surface area contributed by atoms with Crippen LogP contribution in [0.5, 0.6) is 0 Å². The normalized spacial score (nSPS) is 12.2. The van der Waals surface area contributed by atoms with Gasteiger partial charge in [-0.2, -0.15) is 5.10 Å². The maximum absolute atomic E-state index is 13.0. The zero-order chi connectivity index (χ0) is 14.7. The van der Waals surface area contributed by atoms with Gasteiger partial charge in [0.2, 0.25) is 5.91 Å². The van der Waals surface area contributed by atoms with Crippen LogP contribution in [-0.4, -0.2) is 21.1 Å². The largest absolute Gasteiger partial charge is 0.307 e. The van der Waals surface area contributed by atoms with Gasteiger partial charge in [-0.15, -0.1) is 11.6 Å². The number of benzene rings is 1. The summed E-state index contributed by atoms with van der Waals surface area (Å²) >= 11 is 5.89. The van der Waals surface area contributed by atoms with Crippen LogP contribution in [0.3, 0.4) is 0 Å². The van der Waals surface area contributed by atoms with Crippen molar-refractivity contribution in [3.05, 3.63) is 48.0 Å². The average Bonchev–Trinajstić information content (AvgIpc) is 2.82. The fourth-order valence-electron chi connectivity index (χ4n) is 1.87. The first-order valence-corrected chi connectivity index (χ1v) is 6.59. The summed E-state index contributed by atoms with van der Waals surface area (Å²) in [5.41, 5.74) is 1.48. The number of aryl methyl sites for hydroxylation is 1. The molecule has 0 bridgehead atoms. The third-order valence-electron chi connectivity index (χ3n) is 2.84. The Balaban J connectivity index is 2.29. The zero-order valence-corrected chi connectivity index (χ0v) is 12.0. The van der Waals surface area contributed by atoms with Crippen molar-refractivity contribution in [1.29, 1.82) is 0 Å². The van der Waals surface area contributed by atoms with Crippen LogP contribution in [0.25, 0.3) is 0 Å². The van der Waals surface area contributed by atoms with Crippen molar-refractivity contribution in [3.8, 4) is 0 Å². The van der Waals surface area contributed by atoms with Crippen LogP contribution in [0.15, 0.2) is 36.7 Å². The van der Waals surface area contributed by atoms with E-state index in [1.807, 2.05) is 6.20 Å². The number of hydrogen-bond donors (Lipinski definition) is 0. The Kier molecular flexibility index (Phi) is 4.39. The molecule has 0 N–H and O–H groups in total. The van der Waals surface area contributed by atoms with E-state index in [0.29, 0.717) is 12.2 Å². The van der Waals surface area contributed by atoms with Gasteiger partial charge in [-0.3, -0.25) is 9.48 Å². The number of carbonyl (C=O) groups excluding carboxylic acids is 1. The minimum atomic E-state index is -0.656. The summed E-state index contributed by atoms with van der Waals surface area (Å²) in [5.74, 6) is -0.580. The molecule has 0 aliphatic rings. The van der Waals surface area contributed by atoms with Crippen molar-refractivity contribution in [2.24, 2.45) is 7.05 Å². The highest BCUT2D eigenvalue weighted by atomic mass is 35.5. The highest BCUT2D eigenvalue weighted by molar-refractivity contribution is 6.32. The number of rotatable bonds is 4. The van der Waals surface area contributed by atoms with Gasteiger partial charge in [0, 0.05) is 24.5 Å². The molecule has 0 radical (unpaired) electrons. The Morgan fingerprint density at radius 2 is 2.10 bits per heavy atom. The predicted octanol–water partition coefficient (Wildman–Crippen LogP) is 2.72. The van der Waals surface area contributed by atoms with Gasteiger partial charge >= 0.3 is 0 Å². The lowest BCUT2D eigenvalue weighted by molar-refractivity contribution is -0.118. The van der Waals surface area contributed by atoms with Crippen molar-refractivity contribution < 1.29 is 9.18 Å². The monoisotopic (exact) mass is 295 g/mol. The highest BCUT2D eigenvalue weighted by Gasteiger charge is 2.21. The van der Waals surface area contributed by atoms with E-state index in [4.69, 9.17) is 11.6 Å². The molecule has 0 saturated heterocycles. The Labute approximate surface area is 121 Å². The lowest BCUT2D eigenvalue weighted by atomic mass is 10.2. The number of aromatic nitrogens is 2. The van der Waals surface area contributed by atoms with Crippen molar-refractivity contribution >= 4 is 23.2 Å². The minimum absolute atomic E-state index is 0.234. The van der Waals surface area contributed by atoms with Gasteiger partial charge in [-0.1, -0.05) is 0 Å². The summed E-state index contributed by atoms with van der Waals surface area (Å²) in [6.07, 6.45) is 3.51. The van der Waals surface area contributed by atoms with Crippen molar-refractivity contribution in [1.82, 2.24) is 9.78 Å². The second kappa shape index (κ2) is 6.05. The quantitative estimate of drug-likeness (QED) is 0.814. The minimum Gasteiger partial charge on any atom is -0.307 e. The standard InChI is InChI=1S/C14H15ClFN3O/c1-10(15)14(20)19(9-11-7-17-18(2)8-11)13-5-3-12(16)4-6-13/h3-8,10H,9H2,1-2H3. The number of anilines is 1. The Morgan fingerprint density at radius 3 is 2.60 bits per heavy atom. The Morgan fingerprint density at radius 1 is 1.45 bits per heavy atom. The number of amides is 1. The molecule has 1 heterocycles. The molecule has 1 aromatic carbocycles. The summed E-state index contributed by atoms with van der Waals surface area (Å²) in [6.45, 7) is 1.96. The summed E-state index contributed by atoms with van der Waals surface area (Å²) in [5, 5.41) is 3.41. The van der Waals surface area contributed by atoms with E-state index in [0.717, 1.165) is 5.56 Å². The molecule has 1 atom stereocenters. The van der Waals surface area contributed by atoms with E-state index < -0.39 is 5.38 Å². The maximum Gasteiger partial charge on any atom is 0.245 e. The number of nitrogens with zero attached hydrogens (tertiary/aromatic N) is 3. The molecule has 0 aliphatic carbocycles. The molecular formula is C14H15ClFN3O. The summed E-state index contributed by atoms with van der Waals surface area (Å²) in [4.78, 5) is 13.7. The van der Waals surface area contributed by atoms with Gasteiger partial charge in [0.15, 0.2) is 0 Å². The van der Waals surface area contributed by atoms with Crippen LogP contribution in [-0.2, 0) is 18.4 Å². The summed E-state index contributed by atoms with van der Waals surface area (Å²) in [7, 11) is 1.80. The molecule has 0 aliphatic heterocycles. The summed E-state index contributed by atoms with van der Waals surface area (Å²) in [6, 6.07) is 5.75. The van der Waals surface area contributed by atoms with Crippen LogP contribution in [0.1, 0.15) is 12.5 Å². The third-order valence-corrected chi connectivity index (χ3v) is 3.03. The molecule has 1 amide bonds. The molecule has 2 aromatic rings. The first-order chi connectivity index (χ1) is 9.47. The highest BCUT2D eigenvalue weighted by Crippen LogP contribution is 2.20. The van der Waals surface area contributed by atoms with Crippen molar-refractivity contribution in [2.75, 3.05) is 4.90 Å². The fraction of sp³-hybridized carbons (Fsp3) is 0.286. The van der Waals surface area contributed by atoms with E-state index in [2.05, 4.69) is 5.10 Å². The smallest absolute Gasteiger partial charge is 0.245 e. The van der Waals surface area contributed by atoms with Crippen LogP contribution >= 0.6 is 11.6 Å². The molecule has 0 fully saturated rings. The van der Waals surface area contributed by atoms with E-state index in [-0.39, 0.29) is 11.7 Å². The first kappa shape index (κ1) is 14.5. The second-order valence-corrected chi connectivity index (χ2v) is 5.19. The van der Waals surface area contributed by atoms with Gasteiger partial charge in [0.1, 0.15) is 11.2 Å². The number of hydrogen-bond acceptors (Lipinski definition) is 2. The molecule has 6 heteroatoms. The van der Waals surface area contributed by atoms with Gasteiger partial charge in [0.05, 0.1) is 12.7 Å². The predicted molar refractivity (Wildman–Crippen MR) is 76.1 cm³/mol. The molecule has 106 valence electrons. The number of alkyl halides is 1. The van der Waals surface area contributed by atoms with E-state index in [9.17, 15) is 9.18 Å². The van der Waals surface area contributed by atoms with Crippen LogP contribution in [0.2, 0.25) is 0 Å². The lowest BCUT2D eigenvalue weighted by Crippen LogP contribution is -2.35. The molecule has 20 heavy (non-hydrogen) atoms.